The minimum absolute atomic E-state index is 0.282. The molecule has 4 heteroatoms. The van der Waals surface area contributed by atoms with Crippen LogP contribution in [0.3, 0.4) is 0 Å². The fourth-order valence-corrected chi connectivity index (χ4v) is 1.48. The van der Waals surface area contributed by atoms with Crippen molar-refractivity contribution in [3.63, 3.8) is 0 Å². The van der Waals surface area contributed by atoms with Crippen molar-refractivity contribution in [2.75, 3.05) is 13.2 Å². The van der Waals surface area contributed by atoms with Gasteiger partial charge in [-0.25, -0.2) is 0 Å². The molecule has 2 aromatic rings. The molecule has 4 nitrogen and oxygen atoms in total. The monoisotopic (exact) mass is 205 g/mol. The molecule has 1 aromatic carbocycles. The summed E-state index contributed by atoms with van der Waals surface area (Å²) in [5.74, 6) is 0.837. The van der Waals surface area contributed by atoms with Crippen molar-refractivity contribution in [2.45, 2.75) is 13.0 Å². The van der Waals surface area contributed by atoms with E-state index in [1.54, 1.807) is 0 Å². The van der Waals surface area contributed by atoms with E-state index in [1.807, 2.05) is 25.1 Å². The number of rotatable bonds is 3. The largest absolute Gasteiger partial charge is 0.491 e. The molecule has 78 valence electrons. The Morgan fingerprint density at radius 3 is 3.20 bits per heavy atom. The Morgan fingerprint density at radius 1 is 1.53 bits per heavy atom. The van der Waals surface area contributed by atoms with Gasteiger partial charge in [-0.05, 0) is 25.1 Å². The molecule has 1 fully saturated rings. The number of hydrogen-bond acceptors (Lipinski definition) is 4. The molecule has 0 amide bonds. The van der Waals surface area contributed by atoms with Crippen molar-refractivity contribution in [2.24, 2.45) is 0 Å². The summed E-state index contributed by atoms with van der Waals surface area (Å²) >= 11 is 0. The third-order valence-corrected chi connectivity index (χ3v) is 2.46. The Hall–Kier alpha value is -1.55. The van der Waals surface area contributed by atoms with E-state index in [0.717, 1.165) is 29.0 Å². The van der Waals surface area contributed by atoms with Gasteiger partial charge in [0.25, 0.3) is 0 Å². The van der Waals surface area contributed by atoms with E-state index in [-0.39, 0.29) is 6.10 Å². The quantitative estimate of drug-likeness (QED) is 0.718. The zero-order chi connectivity index (χ0) is 10.3. The molecule has 0 aliphatic carbocycles. The van der Waals surface area contributed by atoms with Gasteiger partial charge in [-0.2, -0.15) is 0 Å². The van der Waals surface area contributed by atoms with E-state index in [0.29, 0.717) is 6.61 Å². The maximum Gasteiger partial charge on any atom is 0.167 e. The fraction of sp³-hybridized carbons (Fsp3) is 0.364. The first-order valence-corrected chi connectivity index (χ1v) is 4.93. The molecule has 1 unspecified atom stereocenters. The highest BCUT2D eigenvalue weighted by molar-refractivity contribution is 5.80. The van der Waals surface area contributed by atoms with E-state index in [4.69, 9.17) is 14.0 Å². The molecule has 0 N–H and O–H groups in total. The standard InChI is InChI=1S/C11H11NO3/c1-7-10-4-8(13-5-9-6-14-9)2-3-11(10)15-12-7/h2-4,9H,5-6H2,1H3. The number of benzene rings is 1. The number of aryl methyl sites for hydroxylation is 1. The van der Waals surface area contributed by atoms with Crippen molar-refractivity contribution in [1.82, 2.24) is 5.16 Å². The van der Waals surface area contributed by atoms with Gasteiger partial charge in [0, 0.05) is 5.39 Å². The van der Waals surface area contributed by atoms with Crippen LogP contribution in [0.1, 0.15) is 5.69 Å². The summed E-state index contributed by atoms with van der Waals surface area (Å²) in [7, 11) is 0. The summed E-state index contributed by atoms with van der Waals surface area (Å²) in [5, 5.41) is 4.89. The second kappa shape index (κ2) is 3.24. The predicted octanol–water partition coefficient (Wildman–Crippen LogP) is 1.91. The van der Waals surface area contributed by atoms with Gasteiger partial charge in [0.2, 0.25) is 0 Å². The molecular weight excluding hydrogens is 194 g/mol. The van der Waals surface area contributed by atoms with Gasteiger partial charge in [-0.3, -0.25) is 0 Å². The first-order valence-electron chi connectivity index (χ1n) is 4.93. The Kier molecular flexibility index (Phi) is 1.89. The lowest BCUT2D eigenvalue weighted by Gasteiger charge is -2.02. The van der Waals surface area contributed by atoms with E-state index in [9.17, 15) is 0 Å². The Labute approximate surface area is 86.8 Å². The summed E-state index contributed by atoms with van der Waals surface area (Å²) in [6, 6.07) is 5.71. The maximum atomic E-state index is 5.57. The molecule has 2 heterocycles. The minimum Gasteiger partial charge on any atom is -0.491 e. The van der Waals surface area contributed by atoms with Crippen molar-refractivity contribution in [3.05, 3.63) is 23.9 Å². The molecule has 0 spiro atoms. The summed E-state index contributed by atoms with van der Waals surface area (Å²) in [6.45, 7) is 3.35. The lowest BCUT2D eigenvalue weighted by atomic mass is 10.2. The molecule has 1 saturated heterocycles. The van der Waals surface area contributed by atoms with Crippen LogP contribution < -0.4 is 4.74 Å². The van der Waals surface area contributed by atoms with Crippen LogP contribution in [-0.4, -0.2) is 24.5 Å². The van der Waals surface area contributed by atoms with Crippen molar-refractivity contribution in [3.8, 4) is 5.75 Å². The molecular formula is C11H11NO3. The van der Waals surface area contributed by atoms with Crippen molar-refractivity contribution < 1.29 is 14.0 Å². The summed E-state index contributed by atoms with van der Waals surface area (Å²) in [4.78, 5) is 0. The zero-order valence-electron chi connectivity index (χ0n) is 8.40. The number of ether oxygens (including phenoxy) is 2. The average Bonchev–Trinajstić information content (AvgIpc) is 3.02. The lowest BCUT2D eigenvalue weighted by Crippen LogP contribution is -2.03. The van der Waals surface area contributed by atoms with Crippen LogP contribution in [0, 0.1) is 6.92 Å². The molecule has 15 heavy (non-hydrogen) atoms. The molecule has 3 rings (SSSR count). The van der Waals surface area contributed by atoms with E-state index >= 15 is 0 Å². The van der Waals surface area contributed by atoms with E-state index < -0.39 is 0 Å². The highest BCUT2D eigenvalue weighted by Gasteiger charge is 2.23. The molecule has 1 aliphatic rings. The number of aromatic nitrogens is 1. The molecule has 0 saturated carbocycles. The van der Waals surface area contributed by atoms with E-state index in [2.05, 4.69) is 5.16 Å². The van der Waals surface area contributed by atoms with Gasteiger partial charge >= 0.3 is 0 Å². The number of fused-ring (bicyclic) bond motifs is 1. The third kappa shape index (κ3) is 1.68. The number of nitrogens with zero attached hydrogens (tertiary/aromatic N) is 1. The molecule has 1 aliphatic heterocycles. The first-order chi connectivity index (χ1) is 7.33. The van der Waals surface area contributed by atoms with Gasteiger partial charge < -0.3 is 14.0 Å². The van der Waals surface area contributed by atoms with Crippen LogP contribution in [-0.2, 0) is 4.74 Å². The summed E-state index contributed by atoms with van der Waals surface area (Å²) in [6.07, 6.45) is 0.282. The molecule has 1 atom stereocenters. The van der Waals surface area contributed by atoms with Crippen LogP contribution in [0.4, 0.5) is 0 Å². The van der Waals surface area contributed by atoms with Gasteiger partial charge in [0.1, 0.15) is 18.5 Å². The zero-order valence-corrected chi connectivity index (χ0v) is 8.40. The lowest BCUT2D eigenvalue weighted by molar-refractivity contribution is 0.263. The smallest absolute Gasteiger partial charge is 0.167 e. The maximum absolute atomic E-state index is 5.57. The van der Waals surface area contributed by atoms with Crippen molar-refractivity contribution >= 4 is 11.0 Å². The fourth-order valence-electron chi connectivity index (χ4n) is 1.48. The molecule has 0 bridgehead atoms. The number of hydrogen-bond donors (Lipinski definition) is 0. The second-order valence-corrected chi connectivity index (χ2v) is 3.69. The Morgan fingerprint density at radius 2 is 2.40 bits per heavy atom. The van der Waals surface area contributed by atoms with Gasteiger partial charge in [0.05, 0.1) is 12.3 Å². The van der Waals surface area contributed by atoms with E-state index in [1.165, 1.54) is 0 Å². The average molecular weight is 205 g/mol. The van der Waals surface area contributed by atoms with Crippen LogP contribution >= 0.6 is 0 Å². The van der Waals surface area contributed by atoms with Crippen LogP contribution in [0.25, 0.3) is 11.0 Å². The first kappa shape index (κ1) is 8.73. The van der Waals surface area contributed by atoms with Crippen molar-refractivity contribution in [1.29, 1.82) is 0 Å². The normalized spacial score (nSPS) is 19.4. The highest BCUT2D eigenvalue weighted by atomic mass is 16.6. The Balaban J connectivity index is 1.86. The molecule has 1 aromatic heterocycles. The van der Waals surface area contributed by atoms with Gasteiger partial charge in [-0.1, -0.05) is 5.16 Å². The summed E-state index contributed by atoms with van der Waals surface area (Å²) in [5.41, 5.74) is 1.68. The third-order valence-electron chi connectivity index (χ3n) is 2.46. The molecule has 0 radical (unpaired) electrons. The SMILES string of the molecule is Cc1noc2ccc(OCC3CO3)cc12. The van der Waals surface area contributed by atoms with Gasteiger partial charge in [-0.15, -0.1) is 0 Å². The second-order valence-electron chi connectivity index (χ2n) is 3.69. The summed E-state index contributed by atoms with van der Waals surface area (Å²) < 4.78 is 15.7. The predicted molar refractivity (Wildman–Crippen MR) is 54.0 cm³/mol. The van der Waals surface area contributed by atoms with Crippen LogP contribution in [0.5, 0.6) is 5.75 Å². The highest BCUT2D eigenvalue weighted by Crippen LogP contribution is 2.24. The van der Waals surface area contributed by atoms with Crippen LogP contribution in [0.2, 0.25) is 0 Å². The Bertz CT molecular complexity index is 488. The number of epoxide rings is 1. The minimum atomic E-state index is 0.282. The van der Waals surface area contributed by atoms with Gasteiger partial charge in [0.15, 0.2) is 5.58 Å². The topological polar surface area (TPSA) is 47.8 Å². The van der Waals surface area contributed by atoms with Crippen LogP contribution in [0.15, 0.2) is 22.7 Å².